The second-order valence-electron chi connectivity index (χ2n) is 10.4. The van der Waals surface area contributed by atoms with Crippen molar-refractivity contribution in [3.8, 4) is 0 Å². The quantitative estimate of drug-likeness (QED) is 0.636. The van der Waals surface area contributed by atoms with Gasteiger partial charge < -0.3 is 24.8 Å². The molecule has 8 atom stereocenters. The van der Waals surface area contributed by atoms with E-state index in [2.05, 4.69) is 19.2 Å². The van der Waals surface area contributed by atoms with Crippen molar-refractivity contribution < 1.29 is 24.2 Å². The highest BCUT2D eigenvalue weighted by molar-refractivity contribution is 5.79. The van der Waals surface area contributed by atoms with Crippen LogP contribution in [-0.2, 0) is 19.1 Å². The highest BCUT2D eigenvalue weighted by Gasteiger charge is 2.54. The highest BCUT2D eigenvalue weighted by atomic mass is 16.5. The third-order valence-electron chi connectivity index (χ3n) is 8.56. The predicted octanol–water partition coefficient (Wildman–Crippen LogP) is 2.21. The number of likely N-dealkylation sites (tertiary alicyclic amines) is 1. The summed E-state index contributed by atoms with van der Waals surface area (Å²) >= 11 is 0. The number of carbonyl (C=O) groups is 2. The fraction of sp³-hybridized carbons (Fsp3) is 0.917. The SMILES string of the molecule is COCC(=O)NC1CCC2(C)CCC(C(C)C(=O)N3CCCC3COC)C(O)C2C1C. The molecule has 2 saturated carbocycles. The molecule has 3 fully saturated rings. The molecule has 3 rings (SSSR count). The Morgan fingerprint density at radius 1 is 1.19 bits per heavy atom. The van der Waals surface area contributed by atoms with Gasteiger partial charge in [-0.05, 0) is 61.7 Å². The van der Waals surface area contributed by atoms with Gasteiger partial charge in [0.2, 0.25) is 11.8 Å². The Labute approximate surface area is 187 Å². The zero-order chi connectivity index (χ0) is 22.8. The summed E-state index contributed by atoms with van der Waals surface area (Å²) < 4.78 is 10.3. The van der Waals surface area contributed by atoms with E-state index in [4.69, 9.17) is 9.47 Å². The van der Waals surface area contributed by atoms with E-state index in [1.54, 1.807) is 7.11 Å². The first-order valence-corrected chi connectivity index (χ1v) is 12.0. The summed E-state index contributed by atoms with van der Waals surface area (Å²) in [6, 6.07) is 0.185. The Morgan fingerprint density at radius 3 is 2.58 bits per heavy atom. The van der Waals surface area contributed by atoms with Gasteiger partial charge in [0.15, 0.2) is 0 Å². The zero-order valence-electron chi connectivity index (χ0n) is 19.9. The van der Waals surface area contributed by atoms with E-state index in [0.717, 1.165) is 45.1 Å². The summed E-state index contributed by atoms with van der Waals surface area (Å²) in [6.07, 6.45) is 5.24. The molecule has 1 aliphatic heterocycles. The molecule has 0 radical (unpaired) electrons. The molecule has 2 aliphatic carbocycles. The van der Waals surface area contributed by atoms with Crippen LogP contribution in [0.2, 0.25) is 0 Å². The van der Waals surface area contributed by atoms with Gasteiger partial charge in [-0.1, -0.05) is 20.8 Å². The van der Waals surface area contributed by atoms with Crippen molar-refractivity contribution in [3.05, 3.63) is 0 Å². The van der Waals surface area contributed by atoms with Gasteiger partial charge in [-0.15, -0.1) is 0 Å². The second kappa shape index (κ2) is 10.2. The lowest BCUT2D eigenvalue weighted by Gasteiger charge is -2.56. The van der Waals surface area contributed by atoms with Gasteiger partial charge in [0.1, 0.15) is 6.61 Å². The van der Waals surface area contributed by atoms with Gasteiger partial charge in [0.05, 0.1) is 18.8 Å². The molecule has 0 aromatic rings. The summed E-state index contributed by atoms with van der Waals surface area (Å²) in [7, 11) is 3.20. The smallest absolute Gasteiger partial charge is 0.246 e. The Bertz CT molecular complexity index is 643. The minimum absolute atomic E-state index is 0.0322. The van der Waals surface area contributed by atoms with Crippen molar-refractivity contribution in [2.45, 2.75) is 77.5 Å². The number of aliphatic hydroxyl groups excluding tert-OH is 1. The van der Waals surface area contributed by atoms with Crippen molar-refractivity contribution in [2.24, 2.45) is 29.1 Å². The summed E-state index contributed by atoms with van der Waals surface area (Å²) in [6.45, 7) is 7.83. The van der Waals surface area contributed by atoms with Crippen molar-refractivity contribution in [2.75, 3.05) is 34.0 Å². The van der Waals surface area contributed by atoms with Crippen LogP contribution < -0.4 is 5.32 Å². The lowest BCUT2D eigenvalue weighted by Crippen LogP contribution is -2.59. The molecular weight excluding hydrogens is 396 g/mol. The number of ether oxygens (including phenoxy) is 2. The molecule has 3 aliphatic rings. The van der Waals surface area contributed by atoms with Gasteiger partial charge in [0.25, 0.3) is 0 Å². The molecule has 0 aromatic carbocycles. The predicted molar refractivity (Wildman–Crippen MR) is 118 cm³/mol. The fourth-order valence-electron chi connectivity index (χ4n) is 6.81. The van der Waals surface area contributed by atoms with Crippen molar-refractivity contribution in [1.82, 2.24) is 10.2 Å². The lowest BCUT2D eigenvalue weighted by atomic mass is 9.51. The van der Waals surface area contributed by atoms with Crippen LogP contribution in [0.3, 0.4) is 0 Å². The first kappa shape index (κ1) is 24.5. The number of aliphatic hydroxyl groups is 1. The maximum Gasteiger partial charge on any atom is 0.246 e. The van der Waals surface area contributed by atoms with Crippen LogP contribution in [-0.4, -0.2) is 74.0 Å². The third-order valence-corrected chi connectivity index (χ3v) is 8.56. The van der Waals surface area contributed by atoms with Crippen molar-refractivity contribution in [1.29, 1.82) is 0 Å². The maximum absolute atomic E-state index is 13.4. The number of hydrogen-bond donors (Lipinski definition) is 2. The number of rotatable bonds is 7. The van der Waals surface area contributed by atoms with Crippen LogP contribution in [0.15, 0.2) is 0 Å². The molecule has 1 heterocycles. The Morgan fingerprint density at radius 2 is 1.90 bits per heavy atom. The molecule has 0 aromatic heterocycles. The van der Waals surface area contributed by atoms with E-state index in [1.807, 2.05) is 11.8 Å². The number of amides is 2. The third kappa shape index (κ3) is 4.93. The van der Waals surface area contributed by atoms with E-state index < -0.39 is 6.10 Å². The van der Waals surface area contributed by atoms with Crippen LogP contribution in [0, 0.1) is 29.1 Å². The summed E-state index contributed by atoms with van der Waals surface area (Å²) in [4.78, 5) is 27.5. The summed E-state index contributed by atoms with van der Waals surface area (Å²) in [5.41, 5.74) is 0.0484. The van der Waals surface area contributed by atoms with Crippen LogP contribution in [0.1, 0.15) is 59.3 Å². The molecule has 2 N–H and O–H groups in total. The largest absolute Gasteiger partial charge is 0.392 e. The van der Waals surface area contributed by atoms with Gasteiger partial charge in [-0.3, -0.25) is 9.59 Å². The van der Waals surface area contributed by atoms with Crippen molar-refractivity contribution >= 4 is 11.8 Å². The number of fused-ring (bicyclic) bond motifs is 1. The van der Waals surface area contributed by atoms with E-state index in [9.17, 15) is 14.7 Å². The molecule has 8 unspecified atom stereocenters. The molecule has 2 amide bonds. The maximum atomic E-state index is 13.4. The monoisotopic (exact) mass is 438 g/mol. The van der Waals surface area contributed by atoms with E-state index in [0.29, 0.717) is 6.61 Å². The molecule has 7 nitrogen and oxygen atoms in total. The summed E-state index contributed by atoms with van der Waals surface area (Å²) in [5, 5.41) is 14.7. The van der Waals surface area contributed by atoms with E-state index in [-0.39, 0.29) is 59.6 Å². The molecular formula is C24H42N2O5. The number of carbonyl (C=O) groups excluding carboxylic acids is 2. The topological polar surface area (TPSA) is 88.1 Å². The van der Waals surface area contributed by atoms with Gasteiger partial charge in [-0.2, -0.15) is 0 Å². The van der Waals surface area contributed by atoms with Crippen LogP contribution in [0.5, 0.6) is 0 Å². The summed E-state index contributed by atoms with van der Waals surface area (Å²) in [5.74, 6) is -0.00535. The molecule has 0 spiro atoms. The van der Waals surface area contributed by atoms with E-state index in [1.165, 1.54) is 7.11 Å². The van der Waals surface area contributed by atoms with Gasteiger partial charge >= 0.3 is 0 Å². The standard InChI is InChI=1S/C24H42N2O5/c1-15(23(29)26-12-6-7-17(26)13-30-4)18-8-10-24(3)11-9-19(25-20(27)14-31-5)16(2)21(24)22(18)28/h15-19,21-22,28H,6-14H2,1-5H3,(H,25,27). The fourth-order valence-corrected chi connectivity index (χ4v) is 6.81. The average molecular weight is 439 g/mol. The number of nitrogens with one attached hydrogen (secondary N) is 1. The van der Waals surface area contributed by atoms with Gasteiger partial charge in [0, 0.05) is 32.7 Å². The molecule has 31 heavy (non-hydrogen) atoms. The zero-order valence-corrected chi connectivity index (χ0v) is 19.9. The minimum Gasteiger partial charge on any atom is -0.392 e. The van der Waals surface area contributed by atoms with Crippen LogP contribution >= 0.6 is 0 Å². The number of methoxy groups -OCH3 is 2. The van der Waals surface area contributed by atoms with Crippen molar-refractivity contribution in [3.63, 3.8) is 0 Å². The molecule has 1 saturated heterocycles. The Balaban J connectivity index is 1.72. The minimum atomic E-state index is -0.543. The molecule has 7 heteroatoms. The number of nitrogens with zero attached hydrogens (tertiary/aromatic N) is 1. The van der Waals surface area contributed by atoms with Crippen LogP contribution in [0.4, 0.5) is 0 Å². The van der Waals surface area contributed by atoms with E-state index >= 15 is 0 Å². The highest BCUT2D eigenvalue weighted by Crippen LogP contribution is 2.55. The van der Waals surface area contributed by atoms with Gasteiger partial charge in [-0.25, -0.2) is 0 Å². The first-order valence-electron chi connectivity index (χ1n) is 12.0. The number of hydrogen-bond acceptors (Lipinski definition) is 5. The normalized spacial score (nSPS) is 39.1. The van der Waals surface area contributed by atoms with Crippen LogP contribution in [0.25, 0.3) is 0 Å². The first-order chi connectivity index (χ1) is 14.7. The lowest BCUT2D eigenvalue weighted by molar-refractivity contribution is -0.152. The Kier molecular flexibility index (Phi) is 8.03. The average Bonchev–Trinajstić information content (AvgIpc) is 3.18. The molecule has 0 bridgehead atoms. The second-order valence-corrected chi connectivity index (χ2v) is 10.4. The molecule has 178 valence electrons. The Hall–Kier alpha value is -1.18.